The number of para-hydroxylation sites is 2. The lowest BCUT2D eigenvalue weighted by atomic mass is 10.0. The van der Waals surface area contributed by atoms with Crippen molar-refractivity contribution >= 4 is 96.2 Å². The fourth-order valence-corrected chi connectivity index (χ4v) is 17.9. The van der Waals surface area contributed by atoms with Crippen molar-refractivity contribution in [3.8, 4) is 22.6 Å². The van der Waals surface area contributed by atoms with E-state index in [4.69, 9.17) is 27.6 Å². The minimum absolute atomic E-state index is 0.0793. The Morgan fingerprint density at radius 3 is 1.68 bits per heavy atom. The number of nitrogens with zero attached hydrogens (tertiary/aromatic N) is 5. The molecule has 26 heteroatoms. The number of aromatic nitrogens is 9. The number of aliphatic hydroxyl groups excluding tert-OH is 4. The Morgan fingerprint density at radius 1 is 0.591 bits per heavy atom. The van der Waals surface area contributed by atoms with E-state index in [-0.39, 0.29) is 40.6 Å². The lowest BCUT2D eigenvalue weighted by molar-refractivity contribution is 0.0276. The molecule has 10 atom stereocenters. The number of carbonyl (C=O) groups excluding carboxylic acids is 2. The van der Waals surface area contributed by atoms with Crippen LogP contribution in [0.1, 0.15) is 179 Å². The van der Waals surface area contributed by atoms with Gasteiger partial charge in [0.25, 0.3) is 11.1 Å². The summed E-state index contributed by atoms with van der Waals surface area (Å²) in [7, 11) is 0.949. The number of allylic oxidation sites excluding steroid dienone is 3. The molecule has 2 fully saturated rings. The van der Waals surface area contributed by atoms with E-state index in [1.54, 1.807) is 31.6 Å². The molecule has 11 N–H and O–H groups in total. The van der Waals surface area contributed by atoms with Crippen molar-refractivity contribution in [3.05, 3.63) is 406 Å². The highest BCUT2D eigenvalue weighted by Gasteiger charge is 2.43. The first-order valence-corrected chi connectivity index (χ1v) is 48.0. The van der Waals surface area contributed by atoms with Crippen LogP contribution < -0.4 is 27.1 Å². The van der Waals surface area contributed by atoms with Gasteiger partial charge in [0, 0.05) is 117 Å². The standard InChI is InChI=1S/C19H17FOS.C16H13NO.C15H15NO.C14H15NO.C13H11Cl2N.C12H16N4O3.C11H14N4O3.C11H16/c1-12-13(2)19-11-15(20)6-9-17(19)18(12)10-14-4-7-16(8-5-14)22(3)21;1-12-17-15(13-8-4-2-5-9-13)16(18-12)14-10-6-3-7-11-14;1-11-9-10-16-13(11)7-8-14(16)15(17)12-5-3-2-4-6-12;1-10-4-7-12(8-5-10)14(16)13-9-6-11(2)15(13)3;1-9-5-2-3-8-12(9)16-13-10(14)6-4-7-11(13)15;1-2-6-10(17)11(18)8(16-6)5-3-13-9-7(5)14-4-15-12(9)19;1-4-9(16)10(17)7(15-4)5-2-12-8-6(5)13-3-14-11(8)18;1-9(2)8-11-6-4-10(3)5-7-11/h4-11H,1-3H3;2-11H,1H3;2-8,11H,9-10H2,1H3;4-9H,1-3H3;2-8,16H,1H3;3-4,6,8,10-11,13,16-18H,2H2,1H3,(H,14,15,19);2-4,7,9-10,12,15-17H,1H3,(H,13,14,18);4-7,9H,8H2,1-3H3/b18-10-;;;;;;;/t;;;;;6-,8+,10-,11+;4-,7+,9-,10+;/m.....11./s1. The average molecular weight is 1900 g/mol. The first kappa shape index (κ1) is 101. The summed E-state index contributed by atoms with van der Waals surface area (Å²) in [5.41, 5.74) is 24.5. The maximum atomic E-state index is 13.5. The first-order chi connectivity index (χ1) is 65.8. The van der Waals surface area contributed by atoms with Crippen LogP contribution in [0.15, 0.2) is 298 Å². The van der Waals surface area contributed by atoms with Gasteiger partial charge < -0.3 is 69.9 Å². The molecule has 0 bridgehead atoms. The Bertz CT molecular complexity index is 6970. The van der Waals surface area contributed by atoms with Crippen LogP contribution in [-0.2, 0) is 30.8 Å². The summed E-state index contributed by atoms with van der Waals surface area (Å²) >= 11 is 12.2. The summed E-state index contributed by atoms with van der Waals surface area (Å²) in [6, 6.07) is 78.9. The maximum absolute atomic E-state index is 13.5. The van der Waals surface area contributed by atoms with Crippen LogP contribution >= 0.6 is 23.2 Å². The highest BCUT2D eigenvalue weighted by atomic mass is 35.5. The molecular formula is C111H117Cl2FN12O10S. The third-order valence-electron chi connectivity index (χ3n) is 24.9. The summed E-state index contributed by atoms with van der Waals surface area (Å²) in [6.07, 6.45) is 9.29. The Hall–Kier alpha value is -13.4. The molecule has 22 nitrogen and oxygen atoms in total. The minimum Gasteiger partial charge on any atom is -0.440 e. The zero-order valence-corrected chi connectivity index (χ0v) is 81.5. The molecule has 10 heterocycles. The molecule has 0 amide bonds. The van der Waals surface area contributed by atoms with Crippen molar-refractivity contribution in [2.24, 2.45) is 13.0 Å². The number of aryl methyl sites for hydroxylation is 5. The number of H-pyrrole nitrogens is 4. The molecule has 708 valence electrons. The number of nitrogens with one attached hydrogen (secondary N) is 7. The summed E-state index contributed by atoms with van der Waals surface area (Å²) in [6.45, 7) is 25.5. The van der Waals surface area contributed by atoms with Gasteiger partial charge in [-0.3, -0.25) is 23.4 Å². The Labute approximate surface area is 809 Å². The number of oxazole rings is 1. The quantitative estimate of drug-likeness (QED) is 0.0425. The van der Waals surface area contributed by atoms with E-state index in [0.29, 0.717) is 61.5 Å². The molecular weight excluding hydrogens is 1780 g/mol. The van der Waals surface area contributed by atoms with Crippen LogP contribution in [-0.4, -0.2) is 123 Å². The van der Waals surface area contributed by atoms with E-state index in [1.165, 1.54) is 53.1 Å². The van der Waals surface area contributed by atoms with E-state index >= 15 is 0 Å². The van der Waals surface area contributed by atoms with Crippen molar-refractivity contribution in [2.75, 3.05) is 11.6 Å². The number of carbonyl (C=O) groups is 2. The van der Waals surface area contributed by atoms with Crippen LogP contribution in [0.4, 0.5) is 15.8 Å². The second kappa shape index (κ2) is 46.4. The molecule has 0 spiro atoms. The van der Waals surface area contributed by atoms with Crippen molar-refractivity contribution in [3.63, 3.8) is 0 Å². The number of hydrogen-bond donors (Lipinski definition) is 11. The highest BCUT2D eigenvalue weighted by molar-refractivity contribution is 7.84. The van der Waals surface area contributed by atoms with Crippen LogP contribution in [0.3, 0.4) is 0 Å². The normalized spacial score (nSPS) is 18.1. The fraction of sp³-hybridized carbons (Fsp3) is 0.252. The number of fused-ring (bicyclic) bond motifs is 4. The lowest BCUT2D eigenvalue weighted by Gasteiger charge is -2.14. The number of aliphatic hydroxyl groups is 4. The lowest BCUT2D eigenvalue weighted by Crippen LogP contribution is -2.31. The zero-order valence-electron chi connectivity index (χ0n) is 79.2. The summed E-state index contributed by atoms with van der Waals surface area (Å²) in [5.74, 6) is 2.86. The number of ketones is 2. The number of anilines is 2. The predicted molar refractivity (Wildman–Crippen MR) is 549 cm³/mol. The number of rotatable bonds is 15. The second-order valence-corrected chi connectivity index (χ2v) is 37.2. The molecule has 7 aromatic heterocycles. The third kappa shape index (κ3) is 24.5. The van der Waals surface area contributed by atoms with Gasteiger partial charge in [0.1, 0.15) is 45.8 Å². The molecule has 4 aliphatic rings. The Morgan fingerprint density at radius 2 is 1.13 bits per heavy atom. The van der Waals surface area contributed by atoms with Crippen LogP contribution in [0.5, 0.6) is 0 Å². The molecule has 0 saturated carbocycles. The zero-order chi connectivity index (χ0) is 98.0. The molecule has 2 unspecified atom stereocenters. The van der Waals surface area contributed by atoms with Gasteiger partial charge in [-0.25, -0.2) is 19.3 Å². The van der Waals surface area contributed by atoms with Crippen molar-refractivity contribution < 1.29 is 43.0 Å². The van der Waals surface area contributed by atoms with Gasteiger partial charge in [0.2, 0.25) is 11.6 Å². The predicted octanol–water partition coefficient (Wildman–Crippen LogP) is 22.0. The Kier molecular flexibility index (Phi) is 34.3. The van der Waals surface area contributed by atoms with Crippen LogP contribution in [0.25, 0.3) is 61.9 Å². The van der Waals surface area contributed by atoms with Gasteiger partial charge in [-0.05, 0) is 197 Å². The van der Waals surface area contributed by atoms with Crippen LogP contribution in [0.2, 0.25) is 10.0 Å². The molecule has 16 aromatic rings. The van der Waals surface area contributed by atoms with Gasteiger partial charge >= 0.3 is 0 Å². The SMILES string of the molecule is CC1=C(C)c2cc(F)ccc2/C1=C\c1ccc(S(C)=O)cc1.CC1CCn2c(C(=O)c3ccccc3)ccc21.CC[C@H]1N[C@@H](c2c[nH]c3c(=O)[nH]cnc23)[C@H](O)[C@@H]1O.C[C@H]1N[C@@H](c2c[nH]c3c(=O)[nH]cnc23)[C@H](O)[C@@H]1O.Cc1ccc(C(=O)c2ccc(C)n2C)cc1.Cc1ccc(CC(C)C)cc1.Cc1ccccc1Nc1c(Cl)cccc1Cl.Cc1nc(-c2ccccc2)c(-c2ccccc2)o1. The smallest absolute Gasteiger partial charge is 0.275 e. The summed E-state index contributed by atoms with van der Waals surface area (Å²) in [4.78, 5) is 71.9. The van der Waals surface area contributed by atoms with Gasteiger partial charge in [-0.1, -0.05) is 244 Å². The van der Waals surface area contributed by atoms with E-state index in [0.717, 1.165) is 119 Å². The highest BCUT2D eigenvalue weighted by Crippen LogP contribution is 2.43. The minimum atomic E-state index is -0.964. The van der Waals surface area contributed by atoms with E-state index in [1.807, 2.05) is 259 Å². The molecule has 20 rings (SSSR count). The Balaban J connectivity index is 0.000000133. The molecule has 2 saturated heterocycles. The van der Waals surface area contributed by atoms with Crippen molar-refractivity contribution in [1.82, 2.24) is 54.7 Å². The summed E-state index contributed by atoms with van der Waals surface area (Å²) < 4.78 is 34.7. The van der Waals surface area contributed by atoms with Gasteiger partial charge in [-0.2, -0.15) is 0 Å². The second-order valence-electron chi connectivity index (χ2n) is 35.0. The first-order valence-electron chi connectivity index (χ1n) is 45.7. The number of halogens is 3. The number of aromatic amines is 4. The third-order valence-corrected chi connectivity index (χ3v) is 26.4. The largest absolute Gasteiger partial charge is 0.440 e. The molecule has 0 radical (unpaired) electrons. The van der Waals surface area contributed by atoms with Gasteiger partial charge in [0.15, 0.2) is 11.7 Å². The molecule has 3 aliphatic heterocycles. The summed E-state index contributed by atoms with van der Waals surface area (Å²) in [5, 5.41) is 50.6. The van der Waals surface area contributed by atoms with E-state index in [9.17, 15) is 48.2 Å². The topological polar surface area (TPSA) is 327 Å². The molecule has 1 aliphatic carbocycles. The van der Waals surface area contributed by atoms with E-state index < -0.39 is 47.3 Å². The van der Waals surface area contributed by atoms with Gasteiger partial charge in [-0.15, -0.1) is 0 Å². The number of benzene rings is 9. The maximum Gasteiger partial charge on any atom is 0.275 e. The van der Waals surface area contributed by atoms with Gasteiger partial charge in [0.05, 0.1) is 64.1 Å². The van der Waals surface area contributed by atoms with Crippen molar-refractivity contribution in [1.29, 1.82) is 0 Å². The van der Waals surface area contributed by atoms with Crippen molar-refractivity contribution in [2.45, 2.75) is 168 Å². The molecule has 137 heavy (non-hydrogen) atoms. The average Bonchev–Trinajstić information content (AvgIpc) is 1.63. The monoisotopic (exact) mass is 1900 g/mol. The van der Waals surface area contributed by atoms with E-state index in [2.05, 4.69) is 126 Å². The molecule has 9 aromatic carbocycles. The van der Waals surface area contributed by atoms with Crippen LogP contribution in [0, 0.1) is 46.4 Å². The number of hydrogen-bond acceptors (Lipinski definition) is 16. The fourth-order valence-electron chi connectivity index (χ4n) is 16.9.